The Bertz CT molecular complexity index is 305. The van der Waals surface area contributed by atoms with Crippen LogP contribution in [0.2, 0.25) is 0 Å². The van der Waals surface area contributed by atoms with Crippen molar-refractivity contribution in [3.63, 3.8) is 0 Å². The Morgan fingerprint density at radius 2 is 2.42 bits per heavy atom. The van der Waals surface area contributed by atoms with Crippen molar-refractivity contribution in [1.82, 2.24) is 9.55 Å². The maximum Gasteiger partial charge on any atom is 0.293 e. The van der Waals surface area contributed by atoms with Crippen LogP contribution in [-0.2, 0) is 6.54 Å². The van der Waals surface area contributed by atoms with E-state index in [1.54, 1.807) is 24.0 Å². The van der Waals surface area contributed by atoms with Crippen LogP contribution in [0.3, 0.4) is 0 Å². The Hall–Kier alpha value is -1.32. The number of aryl methyl sites for hydroxylation is 1. The van der Waals surface area contributed by atoms with Crippen LogP contribution in [0.25, 0.3) is 0 Å². The van der Waals surface area contributed by atoms with E-state index in [2.05, 4.69) is 10.3 Å². The van der Waals surface area contributed by atoms with Gasteiger partial charge in [-0.15, -0.1) is 0 Å². The molecule has 0 fully saturated rings. The van der Waals surface area contributed by atoms with Crippen molar-refractivity contribution in [2.45, 2.75) is 19.9 Å². The van der Waals surface area contributed by atoms with Gasteiger partial charge in [0.15, 0.2) is 5.82 Å². The summed E-state index contributed by atoms with van der Waals surface area (Å²) in [5.74, 6) is 0.408. The fraction of sp³-hybridized carbons (Fsp3) is 0.500. The predicted octanol–water partition coefficient (Wildman–Crippen LogP) is 0.695. The highest BCUT2D eigenvalue weighted by Gasteiger charge is 1.99. The minimum Gasteiger partial charge on any atom is -0.369 e. The molecule has 1 N–H and O–H groups in total. The lowest BCUT2D eigenvalue weighted by Crippen LogP contribution is -2.23. The molecular weight excluding hydrogens is 154 g/mol. The molecule has 0 amide bonds. The SMILES string of the molecule is CCCn1ccnc(NC)c1=O. The Balaban J connectivity index is 3.06. The smallest absolute Gasteiger partial charge is 0.293 e. The molecule has 0 aromatic carbocycles. The lowest BCUT2D eigenvalue weighted by atomic mass is 10.4. The molecule has 0 atom stereocenters. The van der Waals surface area contributed by atoms with Crippen LogP contribution < -0.4 is 10.9 Å². The maximum atomic E-state index is 11.4. The van der Waals surface area contributed by atoms with Crippen LogP contribution in [0.15, 0.2) is 17.2 Å². The molecule has 1 aromatic rings. The average Bonchev–Trinajstić information content (AvgIpc) is 2.09. The summed E-state index contributed by atoms with van der Waals surface area (Å²) in [7, 11) is 1.69. The van der Waals surface area contributed by atoms with Gasteiger partial charge in [0.05, 0.1) is 0 Å². The molecular formula is C8H13N3O. The zero-order chi connectivity index (χ0) is 8.97. The van der Waals surface area contributed by atoms with Crippen molar-refractivity contribution in [1.29, 1.82) is 0 Å². The number of aromatic nitrogens is 2. The standard InChI is InChI=1S/C8H13N3O/c1-3-5-11-6-4-10-7(9-2)8(11)12/h4,6H,3,5H2,1-2H3,(H,9,10). The van der Waals surface area contributed by atoms with Crippen LogP contribution >= 0.6 is 0 Å². The van der Waals surface area contributed by atoms with Gasteiger partial charge in [0.1, 0.15) is 0 Å². The van der Waals surface area contributed by atoms with Crippen LogP contribution in [-0.4, -0.2) is 16.6 Å². The van der Waals surface area contributed by atoms with Gasteiger partial charge >= 0.3 is 0 Å². The van der Waals surface area contributed by atoms with E-state index in [1.807, 2.05) is 6.92 Å². The number of hydrogen-bond donors (Lipinski definition) is 1. The first-order chi connectivity index (χ1) is 5.79. The molecule has 4 nitrogen and oxygen atoms in total. The summed E-state index contributed by atoms with van der Waals surface area (Å²) in [6.45, 7) is 2.78. The fourth-order valence-corrected chi connectivity index (χ4v) is 1.04. The van der Waals surface area contributed by atoms with Crippen molar-refractivity contribution >= 4 is 5.82 Å². The molecule has 0 unspecified atom stereocenters. The summed E-state index contributed by atoms with van der Waals surface area (Å²) in [4.78, 5) is 15.3. The zero-order valence-electron chi connectivity index (χ0n) is 7.37. The van der Waals surface area contributed by atoms with Gasteiger partial charge in [-0.1, -0.05) is 6.92 Å². The number of nitrogens with zero attached hydrogens (tertiary/aromatic N) is 2. The Morgan fingerprint density at radius 1 is 1.67 bits per heavy atom. The molecule has 0 radical (unpaired) electrons. The lowest BCUT2D eigenvalue weighted by molar-refractivity contribution is 0.650. The molecule has 1 aromatic heterocycles. The van der Waals surface area contributed by atoms with E-state index in [0.717, 1.165) is 13.0 Å². The van der Waals surface area contributed by atoms with Crippen molar-refractivity contribution in [3.8, 4) is 0 Å². The molecule has 0 bridgehead atoms. The van der Waals surface area contributed by atoms with E-state index in [9.17, 15) is 4.79 Å². The van der Waals surface area contributed by atoms with Crippen LogP contribution in [0.4, 0.5) is 5.82 Å². The second kappa shape index (κ2) is 3.90. The summed E-state index contributed by atoms with van der Waals surface area (Å²) in [5.41, 5.74) is -0.0538. The van der Waals surface area contributed by atoms with Gasteiger partial charge in [-0.2, -0.15) is 0 Å². The van der Waals surface area contributed by atoms with Gasteiger partial charge < -0.3 is 9.88 Å². The van der Waals surface area contributed by atoms with Crippen LogP contribution in [0.5, 0.6) is 0 Å². The van der Waals surface area contributed by atoms with Crippen molar-refractivity contribution in [3.05, 3.63) is 22.7 Å². The molecule has 0 aliphatic heterocycles. The molecule has 12 heavy (non-hydrogen) atoms. The van der Waals surface area contributed by atoms with Crippen LogP contribution in [0, 0.1) is 0 Å². The van der Waals surface area contributed by atoms with E-state index in [-0.39, 0.29) is 5.56 Å². The highest BCUT2D eigenvalue weighted by atomic mass is 16.1. The van der Waals surface area contributed by atoms with Crippen molar-refractivity contribution in [2.24, 2.45) is 0 Å². The first-order valence-electron chi connectivity index (χ1n) is 4.02. The molecule has 1 heterocycles. The van der Waals surface area contributed by atoms with Crippen molar-refractivity contribution in [2.75, 3.05) is 12.4 Å². The first kappa shape index (κ1) is 8.77. The van der Waals surface area contributed by atoms with E-state index >= 15 is 0 Å². The van der Waals surface area contributed by atoms with E-state index < -0.39 is 0 Å². The molecule has 66 valence electrons. The normalized spacial score (nSPS) is 9.83. The highest BCUT2D eigenvalue weighted by molar-refractivity contribution is 5.29. The highest BCUT2D eigenvalue weighted by Crippen LogP contribution is 1.91. The first-order valence-corrected chi connectivity index (χ1v) is 4.02. The second-order valence-electron chi connectivity index (χ2n) is 2.52. The van der Waals surface area contributed by atoms with Gasteiger partial charge in [0, 0.05) is 26.0 Å². The van der Waals surface area contributed by atoms with Gasteiger partial charge in [0.2, 0.25) is 0 Å². The van der Waals surface area contributed by atoms with E-state index in [0.29, 0.717) is 5.82 Å². The predicted molar refractivity (Wildman–Crippen MR) is 48.3 cm³/mol. The topological polar surface area (TPSA) is 46.9 Å². The molecule has 0 aliphatic carbocycles. The second-order valence-corrected chi connectivity index (χ2v) is 2.52. The quantitative estimate of drug-likeness (QED) is 0.720. The molecule has 1 rings (SSSR count). The monoisotopic (exact) mass is 167 g/mol. The molecule has 0 saturated heterocycles. The van der Waals surface area contributed by atoms with Gasteiger partial charge in [-0.05, 0) is 6.42 Å². The Labute approximate surface area is 71.3 Å². The largest absolute Gasteiger partial charge is 0.369 e. The van der Waals surface area contributed by atoms with Crippen molar-refractivity contribution < 1.29 is 0 Å². The molecule has 4 heteroatoms. The van der Waals surface area contributed by atoms with Gasteiger partial charge in [-0.3, -0.25) is 4.79 Å². The molecule has 0 spiro atoms. The van der Waals surface area contributed by atoms with E-state index in [1.165, 1.54) is 0 Å². The zero-order valence-corrected chi connectivity index (χ0v) is 7.37. The average molecular weight is 167 g/mol. The summed E-state index contributed by atoms with van der Waals surface area (Å²) >= 11 is 0. The lowest BCUT2D eigenvalue weighted by Gasteiger charge is -2.04. The Morgan fingerprint density at radius 3 is 3.00 bits per heavy atom. The van der Waals surface area contributed by atoms with Gasteiger partial charge in [-0.25, -0.2) is 4.98 Å². The molecule has 0 saturated carbocycles. The number of anilines is 1. The third-order valence-corrected chi connectivity index (χ3v) is 1.61. The van der Waals surface area contributed by atoms with E-state index in [4.69, 9.17) is 0 Å². The third-order valence-electron chi connectivity index (χ3n) is 1.61. The summed E-state index contributed by atoms with van der Waals surface area (Å²) in [6.07, 6.45) is 4.28. The minimum absolute atomic E-state index is 0.0538. The van der Waals surface area contributed by atoms with Crippen LogP contribution in [0.1, 0.15) is 13.3 Å². The summed E-state index contributed by atoms with van der Waals surface area (Å²) in [6, 6.07) is 0. The Kier molecular flexibility index (Phi) is 2.85. The minimum atomic E-state index is -0.0538. The maximum absolute atomic E-state index is 11.4. The summed E-state index contributed by atoms with van der Waals surface area (Å²) < 4.78 is 1.65. The fourth-order valence-electron chi connectivity index (χ4n) is 1.04. The number of hydrogen-bond acceptors (Lipinski definition) is 3. The molecule has 0 aliphatic rings. The third kappa shape index (κ3) is 1.64. The summed E-state index contributed by atoms with van der Waals surface area (Å²) in [5, 5.41) is 2.75. The number of rotatable bonds is 3. The van der Waals surface area contributed by atoms with Gasteiger partial charge in [0.25, 0.3) is 5.56 Å². The number of nitrogens with one attached hydrogen (secondary N) is 1.